The quantitative estimate of drug-likeness (QED) is 0.936. The first-order valence-electron chi connectivity index (χ1n) is 5.30. The highest BCUT2D eigenvalue weighted by Crippen LogP contribution is 2.17. The Morgan fingerprint density at radius 2 is 1.84 bits per heavy atom. The van der Waals surface area contributed by atoms with Crippen LogP contribution in [0.2, 0.25) is 0 Å². The number of nitrogens with zero attached hydrogens (tertiary/aromatic N) is 1. The number of rotatable bonds is 3. The molecule has 1 N–H and O–H groups in total. The van der Waals surface area contributed by atoms with Crippen molar-refractivity contribution in [3.63, 3.8) is 0 Å². The van der Waals surface area contributed by atoms with Crippen LogP contribution in [0.3, 0.4) is 0 Å². The van der Waals surface area contributed by atoms with Gasteiger partial charge in [0.15, 0.2) is 0 Å². The number of halogens is 1. The number of hydrogen-bond donors (Lipinski definition) is 1. The molecule has 4 nitrogen and oxygen atoms in total. The lowest BCUT2D eigenvalue weighted by atomic mass is 10.2. The van der Waals surface area contributed by atoms with E-state index < -0.39 is 15.8 Å². The summed E-state index contributed by atoms with van der Waals surface area (Å²) in [6.45, 7) is 0. The minimum absolute atomic E-state index is 0.171. The minimum Gasteiger partial charge on any atom is -0.280 e. The largest absolute Gasteiger partial charge is 0.280 e. The number of nitrogens with one attached hydrogen (secondary N) is 1. The topological polar surface area (TPSA) is 70.0 Å². The Hall–Kier alpha value is -2.39. The summed E-state index contributed by atoms with van der Waals surface area (Å²) in [7, 11) is -3.86. The molecule has 2 aromatic carbocycles. The summed E-state index contributed by atoms with van der Waals surface area (Å²) in [6, 6.07) is 12.6. The molecule has 6 heteroatoms. The van der Waals surface area contributed by atoms with E-state index in [1.165, 1.54) is 24.3 Å². The summed E-state index contributed by atoms with van der Waals surface area (Å²) in [5.74, 6) is -0.631. The summed E-state index contributed by atoms with van der Waals surface area (Å²) in [5.41, 5.74) is 0.586. The van der Waals surface area contributed by atoms with E-state index in [1.54, 1.807) is 12.1 Å². The Labute approximate surface area is 110 Å². The molecule has 0 amide bonds. The molecule has 0 aromatic heterocycles. The molecule has 19 heavy (non-hydrogen) atoms. The number of hydrogen-bond acceptors (Lipinski definition) is 3. The predicted molar refractivity (Wildman–Crippen MR) is 68.4 cm³/mol. The van der Waals surface area contributed by atoms with Crippen LogP contribution in [0.15, 0.2) is 53.4 Å². The molecule has 2 aromatic rings. The molecule has 0 saturated carbocycles. The third-order valence-corrected chi connectivity index (χ3v) is 3.73. The van der Waals surface area contributed by atoms with Crippen molar-refractivity contribution in [2.45, 2.75) is 4.90 Å². The van der Waals surface area contributed by atoms with Crippen LogP contribution in [0.25, 0.3) is 0 Å². The summed E-state index contributed by atoms with van der Waals surface area (Å²) in [5, 5.41) is 8.74. The summed E-state index contributed by atoms with van der Waals surface area (Å²) in [4.78, 5) is -0.171. The van der Waals surface area contributed by atoms with Gasteiger partial charge in [-0.1, -0.05) is 12.1 Å². The third kappa shape index (κ3) is 3.09. The van der Waals surface area contributed by atoms with E-state index in [4.69, 9.17) is 5.26 Å². The first-order valence-corrected chi connectivity index (χ1v) is 6.78. The lowest BCUT2D eigenvalue weighted by Gasteiger charge is -2.08. The lowest BCUT2D eigenvalue weighted by Crippen LogP contribution is -2.13. The van der Waals surface area contributed by atoms with Crippen molar-refractivity contribution in [1.29, 1.82) is 5.26 Å². The molecule has 96 valence electrons. The van der Waals surface area contributed by atoms with Gasteiger partial charge in [-0.2, -0.15) is 5.26 Å². The van der Waals surface area contributed by atoms with Crippen molar-refractivity contribution in [2.24, 2.45) is 0 Å². The van der Waals surface area contributed by atoms with Gasteiger partial charge in [0.2, 0.25) is 0 Å². The van der Waals surface area contributed by atoms with Gasteiger partial charge in [0.05, 0.1) is 22.2 Å². The Bertz CT molecular complexity index is 751. The zero-order valence-electron chi connectivity index (χ0n) is 9.67. The van der Waals surface area contributed by atoms with Crippen LogP contribution in [-0.4, -0.2) is 8.42 Å². The zero-order chi connectivity index (χ0) is 13.9. The van der Waals surface area contributed by atoms with Gasteiger partial charge in [0.25, 0.3) is 10.0 Å². The molecule has 0 heterocycles. The Kier molecular flexibility index (Phi) is 3.49. The van der Waals surface area contributed by atoms with Gasteiger partial charge in [-0.15, -0.1) is 0 Å². The van der Waals surface area contributed by atoms with Crippen LogP contribution in [-0.2, 0) is 10.0 Å². The van der Waals surface area contributed by atoms with Crippen molar-refractivity contribution < 1.29 is 12.8 Å². The highest BCUT2D eigenvalue weighted by atomic mass is 32.2. The second-order valence-corrected chi connectivity index (χ2v) is 5.44. The van der Waals surface area contributed by atoms with Crippen LogP contribution in [0, 0.1) is 17.1 Å². The Morgan fingerprint density at radius 3 is 2.53 bits per heavy atom. The second kappa shape index (κ2) is 5.08. The van der Waals surface area contributed by atoms with Crippen molar-refractivity contribution in [3.8, 4) is 6.07 Å². The fourth-order valence-electron chi connectivity index (χ4n) is 1.50. The monoisotopic (exact) mass is 276 g/mol. The molecular formula is C13H9FN2O2S. The number of sulfonamides is 1. The fourth-order valence-corrected chi connectivity index (χ4v) is 2.58. The Morgan fingerprint density at radius 1 is 1.11 bits per heavy atom. The molecule has 0 radical (unpaired) electrons. The summed E-state index contributed by atoms with van der Waals surface area (Å²) < 4.78 is 39.3. The molecule has 0 aliphatic carbocycles. The number of benzene rings is 2. The van der Waals surface area contributed by atoms with E-state index in [2.05, 4.69) is 4.72 Å². The summed E-state index contributed by atoms with van der Waals surface area (Å²) in [6.07, 6.45) is 0. The average Bonchev–Trinajstić information content (AvgIpc) is 2.38. The molecule has 0 fully saturated rings. The molecule has 0 aliphatic rings. The molecule has 2 rings (SSSR count). The number of nitriles is 1. The first-order chi connectivity index (χ1) is 9.01. The van der Waals surface area contributed by atoms with Crippen molar-refractivity contribution in [1.82, 2.24) is 0 Å². The van der Waals surface area contributed by atoms with Crippen LogP contribution < -0.4 is 4.72 Å². The highest BCUT2D eigenvalue weighted by Gasteiger charge is 2.14. The molecule has 0 spiro atoms. The number of anilines is 1. The maximum absolute atomic E-state index is 13.0. The van der Waals surface area contributed by atoms with Crippen molar-refractivity contribution in [3.05, 3.63) is 59.9 Å². The van der Waals surface area contributed by atoms with Gasteiger partial charge in [-0.05, 0) is 36.4 Å². The molecule has 0 aliphatic heterocycles. The van der Waals surface area contributed by atoms with E-state index in [1.807, 2.05) is 6.07 Å². The van der Waals surface area contributed by atoms with E-state index in [0.29, 0.717) is 5.56 Å². The van der Waals surface area contributed by atoms with E-state index in [9.17, 15) is 12.8 Å². The molecule has 0 atom stereocenters. The van der Waals surface area contributed by atoms with Crippen molar-refractivity contribution >= 4 is 15.7 Å². The van der Waals surface area contributed by atoms with Gasteiger partial charge in [0.1, 0.15) is 5.82 Å². The molecular weight excluding hydrogens is 267 g/mol. The SMILES string of the molecule is N#Cc1cccc(NS(=O)(=O)c2cccc(F)c2)c1. The smallest absolute Gasteiger partial charge is 0.261 e. The van der Waals surface area contributed by atoms with Gasteiger partial charge >= 0.3 is 0 Å². The van der Waals surface area contributed by atoms with Gasteiger partial charge in [-0.3, -0.25) is 4.72 Å². The normalized spacial score (nSPS) is 10.7. The molecule has 0 saturated heterocycles. The van der Waals surface area contributed by atoms with Gasteiger partial charge in [-0.25, -0.2) is 12.8 Å². The maximum Gasteiger partial charge on any atom is 0.261 e. The third-order valence-electron chi connectivity index (χ3n) is 2.35. The standard InChI is InChI=1S/C13H9FN2O2S/c14-11-4-2-6-13(8-11)19(17,18)16-12-5-1-3-10(7-12)9-15/h1-8,16H. The van der Waals surface area contributed by atoms with Crippen LogP contribution in [0.4, 0.5) is 10.1 Å². The summed E-state index contributed by atoms with van der Waals surface area (Å²) >= 11 is 0. The van der Waals surface area contributed by atoms with E-state index >= 15 is 0 Å². The van der Waals surface area contributed by atoms with Gasteiger partial charge in [0, 0.05) is 0 Å². The van der Waals surface area contributed by atoms with E-state index in [-0.39, 0.29) is 10.6 Å². The van der Waals surface area contributed by atoms with Gasteiger partial charge < -0.3 is 0 Å². The lowest BCUT2D eigenvalue weighted by molar-refractivity contribution is 0.595. The maximum atomic E-state index is 13.0. The molecule has 0 unspecified atom stereocenters. The minimum atomic E-state index is -3.86. The Balaban J connectivity index is 2.34. The average molecular weight is 276 g/mol. The van der Waals surface area contributed by atoms with Crippen molar-refractivity contribution in [2.75, 3.05) is 4.72 Å². The highest BCUT2D eigenvalue weighted by molar-refractivity contribution is 7.92. The predicted octanol–water partition coefficient (Wildman–Crippen LogP) is 2.50. The first kappa shape index (κ1) is 13.1. The van der Waals surface area contributed by atoms with E-state index in [0.717, 1.165) is 12.1 Å². The van der Waals surface area contributed by atoms with Crippen LogP contribution in [0.1, 0.15) is 5.56 Å². The fraction of sp³-hybridized carbons (Fsp3) is 0. The zero-order valence-corrected chi connectivity index (χ0v) is 10.5. The van der Waals surface area contributed by atoms with Crippen LogP contribution >= 0.6 is 0 Å². The second-order valence-electron chi connectivity index (χ2n) is 3.76. The van der Waals surface area contributed by atoms with Crippen LogP contribution in [0.5, 0.6) is 0 Å². The molecule has 0 bridgehead atoms.